The second-order valence-electron chi connectivity index (χ2n) is 6.49. The van der Waals surface area contributed by atoms with Crippen LogP contribution in [0.25, 0.3) is 22.4 Å². The molecule has 0 bridgehead atoms. The van der Waals surface area contributed by atoms with Crippen LogP contribution in [0.15, 0.2) is 91.1 Å². The molecule has 1 aromatic heterocycles. The highest BCUT2D eigenvalue weighted by atomic mass is 19.1. The largest absolute Gasteiger partial charge is 0.508 e. The second-order valence-corrected chi connectivity index (χ2v) is 6.49. The van der Waals surface area contributed by atoms with Crippen molar-refractivity contribution in [3.63, 3.8) is 0 Å². The topological polar surface area (TPSA) is 62.2 Å². The van der Waals surface area contributed by atoms with Crippen LogP contribution in [0, 0.1) is 5.82 Å². The lowest BCUT2D eigenvalue weighted by molar-refractivity contribution is 0.102. The zero-order valence-electron chi connectivity index (χ0n) is 15.3. The lowest BCUT2D eigenvalue weighted by atomic mass is 10.0. The fraction of sp³-hybridized carbons (Fsp3) is 0. The first kappa shape index (κ1) is 18.4. The van der Waals surface area contributed by atoms with Gasteiger partial charge >= 0.3 is 0 Å². The number of hydrogen-bond donors (Lipinski definition) is 2. The lowest BCUT2D eigenvalue weighted by Gasteiger charge is -2.08. The number of carbonyl (C=O) groups is 1. The van der Waals surface area contributed by atoms with Crippen LogP contribution < -0.4 is 5.32 Å². The number of nitrogens with zero attached hydrogens (tertiary/aromatic N) is 1. The second kappa shape index (κ2) is 7.94. The lowest BCUT2D eigenvalue weighted by Crippen LogP contribution is -2.12. The third-order valence-corrected chi connectivity index (χ3v) is 4.51. The number of rotatable bonds is 4. The Balaban J connectivity index is 1.56. The summed E-state index contributed by atoms with van der Waals surface area (Å²) in [5, 5.41) is 12.1. The van der Waals surface area contributed by atoms with Crippen molar-refractivity contribution in [2.75, 3.05) is 5.32 Å². The van der Waals surface area contributed by atoms with Gasteiger partial charge in [-0.3, -0.25) is 9.78 Å². The van der Waals surface area contributed by atoms with Crippen molar-refractivity contribution in [3.8, 4) is 28.1 Å². The summed E-state index contributed by atoms with van der Waals surface area (Å²) in [4.78, 5) is 16.9. The minimum absolute atomic E-state index is 0.132. The maximum absolute atomic E-state index is 14.0. The Bertz CT molecular complexity index is 1160. The molecule has 0 fully saturated rings. The Labute approximate surface area is 167 Å². The molecule has 2 N–H and O–H groups in total. The van der Waals surface area contributed by atoms with Gasteiger partial charge in [0.1, 0.15) is 11.6 Å². The summed E-state index contributed by atoms with van der Waals surface area (Å²) in [6.45, 7) is 0. The van der Waals surface area contributed by atoms with Crippen LogP contribution in [0.4, 0.5) is 10.1 Å². The predicted octanol–water partition coefficient (Wildman–Crippen LogP) is 5.51. The van der Waals surface area contributed by atoms with Gasteiger partial charge in [0.05, 0.1) is 5.69 Å². The van der Waals surface area contributed by atoms with Crippen molar-refractivity contribution in [1.82, 2.24) is 4.98 Å². The quantitative estimate of drug-likeness (QED) is 0.456. The average Bonchev–Trinajstić information content (AvgIpc) is 2.76. The van der Waals surface area contributed by atoms with Crippen LogP contribution >= 0.6 is 0 Å². The number of carbonyl (C=O) groups excluding carboxylic acids is 1. The normalized spacial score (nSPS) is 10.5. The summed E-state index contributed by atoms with van der Waals surface area (Å²) < 4.78 is 14.0. The first-order chi connectivity index (χ1) is 14.1. The molecule has 0 spiro atoms. The van der Waals surface area contributed by atoms with E-state index in [9.17, 15) is 14.3 Å². The van der Waals surface area contributed by atoms with E-state index >= 15 is 0 Å². The van der Waals surface area contributed by atoms with Crippen molar-refractivity contribution in [2.24, 2.45) is 0 Å². The number of phenols is 1. The molecule has 0 atom stereocenters. The first-order valence-corrected chi connectivity index (χ1v) is 9.02. The third-order valence-electron chi connectivity index (χ3n) is 4.51. The van der Waals surface area contributed by atoms with E-state index in [0.717, 1.165) is 11.1 Å². The van der Waals surface area contributed by atoms with E-state index in [-0.39, 0.29) is 17.5 Å². The molecule has 0 unspecified atom stereocenters. The van der Waals surface area contributed by atoms with E-state index < -0.39 is 0 Å². The summed E-state index contributed by atoms with van der Waals surface area (Å²) in [7, 11) is 0. The number of phenolic OH excluding ortho intramolecular Hbond substituents is 1. The molecule has 1 heterocycles. The van der Waals surface area contributed by atoms with Gasteiger partial charge in [-0.15, -0.1) is 0 Å². The van der Waals surface area contributed by atoms with Gasteiger partial charge in [-0.2, -0.15) is 0 Å². The standard InChI is InChI=1S/C24H17FN2O2/c25-22-4-2-1-3-21(22)16-5-7-17(8-6-16)23-15-18(13-14-26-23)24(29)27-19-9-11-20(28)12-10-19/h1-15,28H,(H,27,29). The zero-order valence-corrected chi connectivity index (χ0v) is 15.3. The summed E-state index contributed by atoms with van der Waals surface area (Å²) in [6, 6.07) is 23.6. The number of halogens is 1. The van der Waals surface area contributed by atoms with Gasteiger partial charge in [0.25, 0.3) is 5.91 Å². The number of pyridine rings is 1. The Morgan fingerprint density at radius 2 is 1.55 bits per heavy atom. The number of anilines is 1. The number of nitrogens with one attached hydrogen (secondary N) is 1. The summed E-state index contributed by atoms with van der Waals surface area (Å²) in [6.07, 6.45) is 1.58. The molecule has 29 heavy (non-hydrogen) atoms. The van der Waals surface area contributed by atoms with E-state index in [1.54, 1.807) is 48.7 Å². The van der Waals surface area contributed by atoms with Crippen LogP contribution in [-0.2, 0) is 0 Å². The van der Waals surface area contributed by atoms with Crippen molar-refractivity contribution < 1.29 is 14.3 Å². The summed E-state index contributed by atoms with van der Waals surface area (Å²) >= 11 is 0. The van der Waals surface area contributed by atoms with Crippen LogP contribution in [0.5, 0.6) is 5.75 Å². The minimum Gasteiger partial charge on any atom is -0.508 e. The van der Waals surface area contributed by atoms with Crippen LogP contribution in [-0.4, -0.2) is 16.0 Å². The molecule has 0 saturated carbocycles. The number of benzene rings is 3. The first-order valence-electron chi connectivity index (χ1n) is 9.02. The maximum Gasteiger partial charge on any atom is 0.255 e. The Hall–Kier alpha value is -3.99. The van der Waals surface area contributed by atoms with Gasteiger partial charge in [0, 0.05) is 28.6 Å². The van der Waals surface area contributed by atoms with Crippen LogP contribution in [0.2, 0.25) is 0 Å². The van der Waals surface area contributed by atoms with Gasteiger partial charge in [-0.1, -0.05) is 42.5 Å². The van der Waals surface area contributed by atoms with Gasteiger partial charge < -0.3 is 10.4 Å². The molecule has 142 valence electrons. The molecule has 4 nitrogen and oxygen atoms in total. The van der Waals surface area contributed by atoms with Gasteiger partial charge in [0.15, 0.2) is 0 Å². The molecule has 0 aliphatic heterocycles. The van der Waals surface area contributed by atoms with Gasteiger partial charge in [-0.05, 0) is 48.0 Å². The van der Waals surface area contributed by atoms with Crippen molar-refractivity contribution in [2.45, 2.75) is 0 Å². The molecule has 4 rings (SSSR count). The maximum atomic E-state index is 14.0. The van der Waals surface area contributed by atoms with Gasteiger partial charge in [0.2, 0.25) is 0 Å². The molecule has 1 amide bonds. The smallest absolute Gasteiger partial charge is 0.255 e. The van der Waals surface area contributed by atoms with E-state index in [1.165, 1.54) is 18.2 Å². The van der Waals surface area contributed by atoms with E-state index in [2.05, 4.69) is 10.3 Å². The monoisotopic (exact) mass is 384 g/mol. The molecule has 4 aromatic rings. The summed E-state index contributed by atoms with van der Waals surface area (Å²) in [5.74, 6) is -0.415. The van der Waals surface area contributed by atoms with Crippen molar-refractivity contribution in [3.05, 3.63) is 103 Å². The molecular formula is C24H17FN2O2. The third kappa shape index (κ3) is 4.14. The van der Waals surface area contributed by atoms with Crippen LogP contribution in [0.1, 0.15) is 10.4 Å². The van der Waals surface area contributed by atoms with Crippen molar-refractivity contribution in [1.29, 1.82) is 0 Å². The molecule has 5 heteroatoms. The number of aromatic hydroxyl groups is 1. The SMILES string of the molecule is O=C(Nc1ccc(O)cc1)c1ccnc(-c2ccc(-c3ccccc3F)cc2)c1. The van der Waals surface area contributed by atoms with E-state index in [0.29, 0.717) is 22.5 Å². The molecule has 3 aromatic carbocycles. The number of amides is 1. The fourth-order valence-corrected chi connectivity index (χ4v) is 2.99. The Morgan fingerprint density at radius 1 is 0.862 bits per heavy atom. The number of hydrogen-bond acceptors (Lipinski definition) is 3. The fourth-order valence-electron chi connectivity index (χ4n) is 2.99. The van der Waals surface area contributed by atoms with Crippen LogP contribution in [0.3, 0.4) is 0 Å². The Morgan fingerprint density at radius 3 is 2.28 bits per heavy atom. The molecule has 0 radical (unpaired) electrons. The predicted molar refractivity (Wildman–Crippen MR) is 111 cm³/mol. The number of aromatic nitrogens is 1. The highest BCUT2D eigenvalue weighted by molar-refractivity contribution is 6.04. The zero-order chi connectivity index (χ0) is 20.2. The highest BCUT2D eigenvalue weighted by Crippen LogP contribution is 2.26. The summed E-state index contributed by atoms with van der Waals surface area (Å²) in [5.41, 5.74) is 3.82. The molecule has 0 aliphatic carbocycles. The van der Waals surface area contributed by atoms with E-state index in [4.69, 9.17) is 0 Å². The highest BCUT2D eigenvalue weighted by Gasteiger charge is 2.10. The minimum atomic E-state index is -0.276. The Kier molecular flexibility index (Phi) is 5.03. The van der Waals surface area contributed by atoms with Crippen molar-refractivity contribution >= 4 is 11.6 Å². The van der Waals surface area contributed by atoms with E-state index in [1.807, 2.05) is 24.3 Å². The average molecular weight is 384 g/mol. The molecule has 0 saturated heterocycles. The molecular weight excluding hydrogens is 367 g/mol. The van der Waals surface area contributed by atoms with Gasteiger partial charge in [-0.25, -0.2) is 4.39 Å². The molecule has 0 aliphatic rings.